The van der Waals surface area contributed by atoms with Gasteiger partial charge in [-0.05, 0) is 30.3 Å². The maximum Gasteiger partial charge on any atom is 0.145 e. The third-order valence-corrected chi connectivity index (χ3v) is 2.82. The van der Waals surface area contributed by atoms with Crippen molar-refractivity contribution in [2.45, 2.75) is 0 Å². The lowest BCUT2D eigenvalue weighted by molar-refractivity contribution is 0.419. The minimum atomic E-state index is 0.746. The van der Waals surface area contributed by atoms with Gasteiger partial charge < -0.3 is 10.1 Å². The fourth-order valence-electron chi connectivity index (χ4n) is 1.92. The van der Waals surface area contributed by atoms with Crippen LogP contribution in [0.5, 0.6) is 5.75 Å². The molecule has 4 heteroatoms. The van der Waals surface area contributed by atoms with E-state index >= 15 is 0 Å². The summed E-state index contributed by atoms with van der Waals surface area (Å²) >= 11 is 0. The molecule has 0 atom stereocenters. The number of methoxy groups -OCH3 is 1. The largest absolute Gasteiger partial charge is 0.494 e. The summed E-state index contributed by atoms with van der Waals surface area (Å²) < 4.78 is 5.33. The van der Waals surface area contributed by atoms with Crippen molar-refractivity contribution in [2.24, 2.45) is 0 Å². The normalized spacial score (nSPS) is 10.4. The monoisotopic (exact) mass is 251 g/mol. The molecule has 0 aliphatic heterocycles. The van der Waals surface area contributed by atoms with Gasteiger partial charge in [-0.3, -0.25) is 0 Å². The van der Waals surface area contributed by atoms with Crippen molar-refractivity contribution in [2.75, 3.05) is 12.4 Å². The van der Waals surface area contributed by atoms with Gasteiger partial charge in [-0.25, -0.2) is 9.97 Å². The van der Waals surface area contributed by atoms with Crippen LogP contribution in [0.3, 0.4) is 0 Å². The summed E-state index contributed by atoms with van der Waals surface area (Å²) in [6.07, 6.45) is 1.74. The fraction of sp³-hybridized carbons (Fsp3) is 0.0667. The number of nitrogens with one attached hydrogen (secondary N) is 1. The van der Waals surface area contributed by atoms with Gasteiger partial charge in [-0.1, -0.05) is 18.2 Å². The number of hydrogen-bond donors (Lipinski definition) is 1. The van der Waals surface area contributed by atoms with E-state index in [9.17, 15) is 0 Å². The molecule has 3 aromatic rings. The predicted octanol–water partition coefficient (Wildman–Crippen LogP) is 3.38. The van der Waals surface area contributed by atoms with Crippen molar-refractivity contribution < 1.29 is 4.74 Å². The van der Waals surface area contributed by atoms with Gasteiger partial charge in [0.1, 0.15) is 22.9 Å². The van der Waals surface area contributed by atoms with Crippen LogP contribution in [0.4, 0.5) is 11.6 Å². The number of benzene rings is 1. The maximum atomic E-state index is 5.33. The van der Waals surface area contributed by atoms with Gasteiger partial charge in [-0.15, -0.1) is 0 Å². The van der Waals surface area contributed by atoms with E-state index in [-0.39, 0.29) is 0 Å². The Morgan fingerprint density at radius 2 is 1.89 bits per heavy atom. The Morgan fingerprint density at radius 3 is 2.68 bits per heavy atom. The van der Waals surface area contributed by atoms with Crippen molar-refractivity contribution >= 4 is 22.5 Å². The number of para-hydroxylation sites is 1. The lowest BCUT2D eigenvalue weighted by atomic mass is 10.2. The van der Waals surface area contributed by atoms with E-state index in [0.29, 0.717) is 0 Å². The quantitative estimate of drug-likeness (QED) is 0.775. The lowest BCUT2D eigenvalue weighted by Crippen LogP contribution is -1.96. The zero-order valence-corrected chi connectivity index (χ0v) is 10.5. The highest BCUT2D eigenvalue weighted by molar-refractivity contribution is 5.86. The van der Waals surface area contributed by atoms with Gasteiger partial charge >= 0.3 is 0 Å². The molecule has 1 N–H and O–H groups in total. The average Bonchev–Trinajstić information content (AvgIpc) is 2.47. The number of hydrogen-bond acceptors (Lipinski definition) is 4. The standard InChI is InChI=1S/C15H13N3O/c1-19-12-6-4-5-11-8-9-14(18-15(11)12)17-13-7-2-3-10-16-13/h2-10H,1H3,(H,16,17,18). The molecule has 1 aromatic carbocycles. The van der Waals surface area contributed by atoms with Crippen LogP contribution in [-0.4, -0.2) is 17.1 Å². The summed E-state index contributed by atoms with van der Waals surface area (Å²) in [7, 11) is 1.65. The molecule has 19 heavy (non-hydrogen) atoms. The molecule has 0 aliphatic carbocycles. The number of ether oxygens (including phenoxy) is 1. The third kappa shape index (κ3) is 2.33. The van der Waals surface area contributed by atoms with E-state index in [2.05, 4.69) is 15.3 Å². The molecule has 2 heterocycles. The van der Waals surface area contributed by atoms with E-state index in [0.717, 1.165) is 28.3 Å². The Labute approximate surface area is 111 Å². The van der Waals surface area contributed by atoms with Gasteiger partial charge in [0.2, 0.25) is 0 Å². The molecule has 4 nitrogen and oxygen atoms in total. The number of aromatic nitrogens is 2. The fourth-order valence-corrected chi connectivity index (χ4v) is 1.92. The highest BCUT2D eigenvalue weighted by Gasteiger charge is 2.04. The summed E-state index contributed by atoms with van der Waals surface area (Å²) in [6.45, 7) is 0. The predicted molar refractivity (Wildman–Crippen MR) is 75.8 cm³/mol. The van der Waals surface area contributed by atoms with Crippen LogP contribution in [0.1, 0.15) is 0 Å². The Bertz CT molecular complexity index is 698. The highest BCUT2D eigenvalue weighted by atomic mass is 16.5. The van der Waals surface area contributed by atoms with E-state index in [1.165, 1.54) is 0 Å². The van der Waals surface area contributed by atoms with Gasteiger partial charge in [0.25, 0.3) is 0 Å². The molecule has 0 unspecified atom stereocenters. The second-order valence-corrected chi connectivity index (χ2v) is 4.07. The number of nitrogens with zero attached hydrogens (tertiary/aromatic N) is 2. The van der Waals surface area contributed by atoms with Gasteiger partial charge in [0, 0.05) is 11.6 Å². The highest BCUT2D eigenvalue weighted by Crippen LogP contribution is 2.25. The summed E-state index contributed by atoms with van der Waals surface area (Å²) in [5.41, 5.74) is 0.839. The molecular formula is C15H13N3O. The van der Waals surface area contributed by atoms with Crippen LogP contribution in [0, 0.1) is 0 Å². The van der Waals surface area contributed by atoms with Crippen molar-refractivity contribution in [3.8, 4) is 5.75 Å². The summed E-state index contributed by atoms with van der Waals surface area (Å²) in [5.74, 6) is 2.28. The SMILES string of the molecule is COc1cccc2ccc(Nc3ccccn3)nc12. The molecule has 3 rings (SSSR count). The lowest BCUT2D eigenvalue weighted by Gasteiger charge is -2.08. The molecule has 2 aromatic heterocycles. The molecule has 0 bridgehead atoms. The average molecular weight is 251 g/mol. The molecule has 0 fully saturated rings. The Hall–Kier alpha value is -2.62. The molecule has 0 aliphatic rings. The van der Waals surface area contributed by atoms with Crippen LogP contribution >= 0.6 is 0 Å². The number of anilines is 2. The second kappa shape index (κ2) is 4.94. The zero-order chi connectivity index (χ0) is 13.1. The van der Waals surface area contributed by atoms with Crippen molar-refractivity contribution in [1.82, 2.24) is 9.97 Å². The molecular weight excluding hydrogens is 238 g/mol. The number of fused-ring (bicyclic) bond motifs is 1. The summed E-state index contributed by atoms with van der Waals surface area (Å²) in [4.78, 5) is 8.78. The first-order chi connectivity index (χ1) is 9.36. The Balaban J connectivity index is 2.01. The smallest absolute Gasteiger partial charge is 0.145 e. The molecule has 94 valence electrons. The van der Waals surface area contributed by atoms with E-state index < -0.39 is 0 Å². The Kier molecular flexibility index (Phi) is 2.98. The van der Waals surface area contributed by atoms with Crippen LogP contribution in [0.15, 0.2) is 54.7 Å². The zero-order valence-electron chi connectivity index (χ0n) is 10.5. The first-order valence-corrected chi connectivity index (χ1v) is 5.98. The molecule has 0 amide bonds. The topological polar surface area (TPSA) is 47.0 Å². The van der Waals surface area contributed by atoms with E-state index in [1.807, 2.05) is 48.5 Å². The maximum absolute atomic E-state index is 5.33. The Morgan fingerprint density at radius 1 is 0.947 bits per heavy atom. The number of rotatable bonds is 3. The molecule has 0 radical (unpaired) electrons. The van der Waals surface area contributed by atoms with Crippen LogP contribution in [0.25, 0.3) is 10.9 Å². The number of pyridine rings is 2. The van der Waals surface area contributed by atoms with Crippen molar-refractivity contribution in [3.05, 3.63) is 54.7 Å². The summed E-state index contributed by atoms with van der Waals surface area (Å²) in [5, 5.41) is 4.22. The van der Waals surface area contributed by atoms with E-state index in [4.69, 9.17) is 4.74 Å². The minimum Gasteiger partial charge on any atom is -0.494 e. The van der Waals surface area contributed by atoms with Crippen molar-refractivity contribution in [1.29, 1.82) is 0 Å². The molecule has 0 spiro atoms. The van der Waals surface area contributed by atoms with Crippen LogP contribution in [-0.2, 0) is 0 Å². The first kappa shape index (κ1) is 11.5. The van der Waals surface area contributed by atoms with Gasteiger partial charge in [0.05, 0.1) is 7.11 Å². The van der Waals surface area contributed by atoms with Crippen LogP contribution < -0.4 is 10.1 Å². The van der Waals surface area contributed by atoms with E-state index in [1.54, 1.807) is 13.3 Å². The van der Waals surface area contributed by atoms with Gasteiger partial charge in [0.15, 0.2) is 0 Å². The minimum absolute atomic E-state index is 0.746. The third-order valence-electron chi connectivity index (χ3n) is 2.82. The first-order valence-electron chi connectivity index (χ1n) is 5.98. The van der Waals surface area contributed by atoms with Crippen LogP contribution in [0.2, 0.25) is 0 Å². The molecule has 0 saturated carbocycles. The second-order valence-electron chi connectivity index (χ2n) is 4.07. The van der Waals surface area contributed by atoms with Gasteiger partial charge in [-0.2, -0.15) is 0 Å². The van der Waals surface area contributed by atoms with Crippen molar-refractivity contribution in [3.63, 3.8) is 0 Å². The summed E-state index contributed by atoms with van der Waals surface area (Å²) in [6, 6.07) is 15.5. The molecule has 0 saturated heterocycles.